The summed E-state index contributed by atoms with van der Waals surface area (Å²) in [5, 5.41) is 9.90. The first kappa shape index (κ1) is 9.40. The molecular formula is C10H12FNO2. The molecule has 0 saturated heterocycles. The second-order valence-electron chi connectivity index (χ2n) is 3.57. The molecule has 3 nitrogen and oxygen atoms in total. The molecule has 0 amide bonds. The van der Waals surface area contributed by atoms with Gasteiger partial charge in [-0.05, 0) is 31.4 Å². The van der Waals surface area contributed by atoms with Crippen molar-refractivity contribution in [3.8, 4) is 5.75 Å². The molecule has 0 unspecified atom stereocenters. The molecule has 0 atom stereocenters. The van der Waals surface area contributed by atoms with Gasteiger partial charge in [0.2, 0.25) is 0 Å². The molecule has 1 saturated carbocycles. The van der Waals surface area contributed by atoms with Crippen molar-refractivity contribution in [1.82, 2.24) is 4.98 Å². The maximum atomic E-state index is 13.2. The molecule has 0 spiro atoms. The first-order valence-corrected chi connectivity index (χ1v) is 4.59. The zero-order chi connectivity index (χ0) is 10.2. The number of halogens is 1. The van der Waals surface area contributed by atoms with Gasteiger partial charge >= 0.3 is 0 Å². The van der Waals surface area contributed by atoms with E-state index < -0.39 is 11.5 Å². The predicted molar refractivity (Wildman–Crippen MR) is 48.5 cm³/mol. The van der Waals surface area contributed by atoms with Crippen LogP contribution in [0.1, 0.15) is 25.0 Å². The van der Waals surface area contributed by atoms with Gasteiger partial charge < -0.3 is 9.84 Å². The Labute approximate surface area is 81.5 Å². The minimum atomic E-state index is -0.910. The number of aliphatic hydroxyl groups is 1. The molecule has 0 aliphatic heterocycles. The topological polar surface area (TPSA) is 42.4 Å². The Morgan fingerprint density at radius 3 is 2.64 bits per heavy atom. The maximum absolute atomic E-state index is 13.2. The van der Waals surface area contributed by atoms with Gasteiger partial charge in [-0.25, -0.2) is 4.98 Å². The molecule has 0 bridgehead atoms. The monoisotopic (exact) mass is 197 g/mol. The van der Waals surface area contributed by atoms with Crippen LogP contribution in [0.5, 0.6) is 5.75 Å². The van der Waals surface area contributed by atoms with Gasteiger partial charge in [0, 0.05) is 0 Å². The van der Waals surface area contributed by atoms with E-state index in [-0.39, 0.29) is 5.75 Å². The number of ether oxygens (including phenoxy) is 1. The molecule has 76 valence electrons. The highest BCUT2D eigenvalue weighted by atomic mass is 19.1. The summed E-state index contributed by atoms with van der Waals surface area (Å²) in [7, 11) is 1.39. The van der Waals surface area contributed by atoms with Crippen molar-refractivity contribution < 1.29 is 14.2 Å². The van der Waals surface area contributed by atoms with Crippen molar-refractivity contribution >= 4 is 0 Å². The van der Waals surface area contributed by atoms with Crippen LogP contribution >= 0.6 is 0 Å². The summed E-state index contributed by atoms with van der Waals surface area (Å²) in [5.74, 6) is -0.554. The lowest BCUT2D eigenvalue weighted by molar-refractivity contribution is -0.0432. The van der Waals surface area contributed by atoms with Crippen LogP contribution in [0.15, 0.2) is 12.1 Å². The highest BCUT2D eigenvalue weighted by Gasteiger charge is 2.38. The van der Waals surface area contributed by atoms with E-state index in [1.54, 1.807) is 6.07 Å². The SMILES string of the molecule is COc1ccc(C2(O)CCC2)nc1F. The van der Waals surface area contributed by atoms with E-state index in [0.29, 0.717) is 18.5 Å². The smallest absolute Gasteiger partial charge is 0.255 e. The fourth-order valence-corrected chi connectivity index (χ4v) is 1.60. The largest absolute Gasteiger partial charge is 0.492 e. The van der Waals surface area contributed by atoms with Gasteiger partial charge in [0.1, 0.15) is 5.60 Å². The summed E-state index contributed by atoms with van der Waals surface area (Å²) in [4.78, 5) is 3.70. The molecular weight excluding hydrogens is 185 g/mol. The Morgan fingerprint density at radius 2 is 2.21 bits per heavy atom. The molecule has 0 radical (unpaired) electrons. The number of nitrogens with zero attached hydrogens (tertiary/aromatic N) is 1. The first-order chi connectivity index (χ1) is 6.65. The summed E-state index contributed by atoms with van der Waals surface area (Å²) < 4.78 is 17.9. The Kier molecular flexibility index (Phi) is 2.15. The minimum absolute atomic E-state index is 0.108. The maximum Gasteiger partial charge on any atom is 0.255 e. The van der Waals surface area contributed by atoms with E-state index >= 15 is 0 Å². The van der Waals surface area contributed by atoms with E-state index in [2.05, 4.69) is 4.98 Å². The normalized spacial score (nSPS) is 18.8. The average Bonchev–Trinajstić information content (AvgIpc) is 2.14. The zero-order valence-corrected chi connectivity index (χ0v) is 7.96. The summed E-state index contributed by atoms with van der Waals surface area (Å²) in [5.41, 5.74) is -0.505. The van der Waals surface area contributed by atoms with Crippen LogP contribution in [0, 0.1) is 5.95 Å². The van der Waals surface area contributed by atoms with E-state index in [4.69, 9.17) is 4.74 Å². The molecule has 1 fully saturated rings. The Hall–Kier alpha value is -1.16. The Balaban J connectivity index is 2.32. The van der Waals surface area contributed by atoms with Crippen molar-refractivity contribution in [2.45, 2.75) is 24.9 Å². The molecule has 1 aromatic heterocycles. The highest BCUT2D eigenvalue weighted by Crippen LogP contribution is 2.40. The van der Waals surface area contributed by atoms with Gasteiger partial charge in [-0.15, -0.1) is 0 Å². The summed E-state index contributed by atoms with van der Waals surface area (Å²) >= 11 is 0. The highest BCUT2D eigenvalue weighted by molar-refractivity contribution is 5.25. The fraction of sp³-hybridized carbons (Fsp3) is 0.500. The number of methoxy groups -OCH3 is 1. The van der Waals surface area contributed by atoms with Crippen molar-refractivity contribution in [3.05, 3.63) is 23.8 Å². The van der Waals surface area contributed by atoms with Gasteiger partial charge in [-0.3, -0.25) is 0 Å². The number of hydrogen-bond donors (Lipinski definition) is 1. The second-order valence-corrected chi connectivity index (χ2v) is 3.57. The number of hydrogen-bond acceptors (Lipinski definition) is 3. The molecule has 14 heavy (non-hydrogen) atoms. The second kappa shape index (κ2) is 3.20. The zero-order valence-electron chi connectivity index (χ0n) is 7.96. The van der Waals surface area contributed by atoms with Gasteiger partial charge in [0.15, 0.2) is 5.75 Å². The molecule has 1 aliphatic rings. The van der Waals surface area contributed by atoms with E-state index in [1.807, 2.05) is 0 Å². The van der Waals surface area contributed by atoms with Crippen LogP contribution in [0.4, 0.5) is 4.39 Å². The number of pyridine rings is 1. The van der Waals surface area contributed by atoms with Crippen molar-refractivity contribution in [2.24, 2.45) is 0 Å². The molecule has 1 N–H and O–H groups in total. The summed E-state index contributed by atoms with van der Waals surface area (Å²) in [6.45, 7) is 0. The minimum Gasteiger partial charge on any atom is -0.492 e. The van der Waals surface area contributed by atoms with Crippen LogP contribution in [0.3, 0.4) is 0 Å². The fourth-order valence-electron chi connectivity index (χ4n) is 1.60. The van der Waals surface area contributed by atoms with Crippen LogP contribution in [0.2, 0.25) is 0 Å². The van der Waals surface area contributed by atoms with Gasteiger partial charge in [0.25, 0.3) is 5.95 Å². The summed E-state index contributed by atoms with van der Waals surface area (Å²) in [6.07, 6.45) is 2.28. The standard InChI is InChI=1S/C10H12FNO2/c1-14-7-3-4-8(12-9(7)11)10(13)5-2-6-10/h3-4,13H,2,5-6H2,1H3. The molecule has 2 rings (SSSR count). The number of aromatic nitrogens is 1. The van der Waals surface area contributed by atoms with E-state index in [9.17, 15) is 9.50 Å². The summed E-state index contributed by atoms with van der Waals surface area (Å²) in [6, 6.07) is 3.11. The van der Waals surface area contributed by atoms with Crippen LogP contribution in [-0.2, 0) is 5.60 Å². The molecule has 4 heteroatoms. The Bertz CT molecular complexity index is 350. The lowest BCUT2D eigenvalue weighted by atomic mass is 9.77. The number of rotatable bonds is 2. The quantitative estimate of drug-likeness (QED) is 0.732. The Morgan fingerprint density at radius 1 is 1.50 bits per heavy atom. The van der Waals surface area contributed by atoms with Crippen LogP contribution in [0.25, 0.3) is 0 Å². The lowest BCUT2D eigenvalue weighted by Crippen LogP contribution is -2.34. The van der Waals surface area contributed by atoms with E-state index in [0.717, 1.165) is 6.42 Å². The van der Waals surface area contributed by atoms with Crippen molar-refractivity contribution in [2.75, 3.05) is 7.11 Å². The molecule has 1 aliphatic carbocycles. The third kappa shape index (κ3) is 1.35. The molecule has 1 aromatic rings. The molecule has 1 heterocycles. The van der Waals surface area contributed by atoms with Crippen molar-refractivity contribution in [3.63, 3.8) is 0 Å². The average molecular weight is 197 g/mol. The van der Waals surface area contributed by atoms with Gasteiger partial charge in [-0.1, -0.05) is 0 Å². The van der Waals surface area contributed by atoms with Gasteiger partial charge in [-0.2, -0.15) is 4.39 Å². The van der Waals surface area contributed by atoms with Crippen LogP contribution < -0.4 is 4.74 Å². The molecule has 0 aromatic carbocycles. The lowest BCUT2D eigenvalue weighted by Gasteiger charge is -2.35. The van der Waals surface area contributed by atoms with Crippen LogP contribution in [-0.4, -0.2) is 17.2 Å². The van der Waals surface area contributed by atoms with Crippen molar-refractivity contribution in [1.29, 1.82) is 0 Å². The first-order valence-electron chi connectivity index (χ1n) is 4.59. The third-order valence-corrected chi connectivity index (χ3v) is 2.69. The van der Waals surface area contributed by atoms with Gasteiger partial charge in [0.05, 0.1) is 12.8 Å². The van der Waals surface area contributed by atoms with E-state index in [1.165, 1.54) is 13.2 Å². The third-order valence-electron chi connectivity index (χ3n) is 2.69. The predicted octanol–water partition coefficient (Wildman–Crippen LogP) is 1.60.